The first-order valence-corrected chi connectivity index (χ1v) is 8.09. The summed E-state index contributed by atoms with van der Waals surface area (Å²) in [5, 5.41) is 9.65. The van der Waals surface area contributed by atoms with Crippen molar-refractivity contribution in [1.82, 2.24) is 4.90 Å². The lowest BCUT2D eigenvalue weighted by molar-refractivity contribution is -0.137. The summed E-state index contributed by atoms with van der Waals surface area (Å²) in [5.41, 5.74) is 0.516. The van der Waals surface area contributed by atoms with E-state index in [1.54, 1.807) is 24.3 Å². The Hall–Kier alpha value is -1.39. The molecule has 22 heavy (non-hydrogen) atoms. The van der Waals surface area contributed by atoms with Crippen LogP contribution in [-0.2, 0) is 4.79 Å². The SMILES string of the molecule is CCCCN(CC)CC(CC(=O)O)C(=O)c1ccc(Cl)cc1. The van der Waals surface area contributed by atoms with E-state index >= 15 is 0 Å². The minimum atomic E-state index is -0.946. The Labute approximate surface area is 137 Å². The molecule has 0 spiro atoms. The highest BCUT2D eigenvalue weighted by Crippen LogP contribution is 2.17. The first kappa shape index (κ1) is 18.7. The highest BCUT2D eigenvalue weighted by Gasteiger charge is 2.25. The number of rotatable bonds is 10. The molecule has 0 fully saturated rings. The molecule has 1 atom stereocenters. The molecule has 0 aromatic heterocycles. The van der Waals surface area contributed by atoms with Gasteiger partial charge in [-0.1, -0.05) is 31.9 Å². The van der Waals surface area contributed by atoms with E-state index in [1.807, 2.05) is 6.92 Å². The molecule has 4 nitrogen and oxygen atoms in total. The van der Waals surface area contributed by atoms with Gasteiger partial charge in [-0.05, 0) is 43.8 Å². The molecular weight excluding hydrogens is 302 g/mol. The average Bonchev–Trinajstić information content (AvgIpc) is 2.50. The van der Waals surface area contributed by atoms with Gasteiger partial charge < -0.3 is 10.0 Å². The van der Waals surface area contributed by atoms with Crippen molar-refractivity contribution in [1.29, 1.82) is 0 Å². The number of carbonyl (C=O) groups excluding carboxylic acids is 1. The maximum atomic E-state index is 12.6. The van der Waals surface area contributed by atoms with Crippen LogP contribution in [-0.4, -0.2) is 41.4 Å². The first-order valence-electron chi connectivity index (χ1n) is 7.71. The van der Waals surface area contributed by atoms with Crippen molar-refractivity contribution in [3.05, 3.63) is 34.9 Å². The van der Waals surface area contributed by atoms with Crippen LogP contribution in [0, 0.1) is 5.92 Å². The first-order chi connectivity index (χ1) is 10.5. The van der Waals surface area contributed by atoms with E-state index < -0.39 is 11.9 Å². The summed E-state index contributed by atoms with van der Waals surface area (Å²) in [7, 11) is 0. The van der Waals surface area contributed by atoms with E-state index in [9.17, 15) is 9.59 Å². The van der Waals surface area contributed by atoms with Gasteiger partial charge in [-0.25, -0.2) is 0 Å². The van der Waals surface area contributed by atoms with Gasteiger partial charge in [-0.3, -0.25) is 9.59 Å². The maximum Gasteiger partial charge on any atom is 0.304 e. The van der Waals surface area contributed by atoms with E-state index in [-0.39, 0.29) is 12.2 Å². The number of ketones is 1. The van der Waals surface area contributed by atoms with Gasteiger partial charge >= 0.3 is 5.97 Å². The average molecular weight is 326 g/mol. The molecule has 0 heterocycles. The van der Waals surface area contributed by atoms with Gasteiger partial charge in [0.2, 0.25) is 0 Å². The second kappa shape index (κ2) is 9.59. The van der Waals surface area contributed by atoms with Gasteiger partial charge in [0.15, 0.2) is 5.78 Å². The number of carboxylic acids is 1. The Morgan fingerprint density at radius 2 is 1.86 bits per heavy atom. The molecule has 0 saturated heterocycles. The molecule has 0 saturated carbocycles. The molecule has 1 unspecified atom stereocenters. The van der Waals surface area contributed by atoms with Gasteiger partial charge in [0.05, 0.1) is 6.42 Å². The summed E-state index contributed by atoms with van der Waals surface area (Å²) in [5.74, 6) is -1.61. The summed E-state index contributed by atoms with van der Waals surface area (Å²) in [4.78, 5) is 25.8. The summed E-state index contributed by atoms with van der Waals surface area (Å²) < 4.78 is 0. The zero-order valence-electron chi connectivity index (χ0n) is 13.2. The van der Waals surface area contributed by atoms with Crippen LogP contribution in [0.3, 0.4) is 0 Å². The number of hydrogen-bond donors (Lipinski definition) is 1. The highest BCUT2D eigenvalue weighted by molar-refractivity contribution is 6.30. The van der Waals surface area contributed by atoms with Crippen LogP contribution < -0.4 is 0 Å². The Morgan fingerprint density at radius 1 is 1.23 bits per heavy atom. The third-order valence-corrected chi connectivity index (χ3v) is 3.93. The van der Waals surface area contributed by atoms with Crippen LogP contribution in [0.25, 0.3) is 0 Å². The number of benzene rings is 1. The van der Waals surface area contributed by atoms with Crippen molar-refractivity contribution in [3.63, 3.8) is 0 Å². The lowest BCUT2D eigenvalue weighted by atomic mass is 9.94. The lowest BCUT2D eigenvalue weighted by Crippen LogP contribution is -2.35. The van der Waals surface area contributed by atoms with Crippen LogP contribution in [0.4, 0.5) is 0 Å². The van der Waals surface area contributed by atoms with Gasteiger partial charge in [0, 0.05) is 23.0 Å². The van der Waals surface area contributed by atoms with Crippen molar-refractivity contribution in [2.24, 2.45) is 5.92 Å². The van der Waals surface area contributed by atoms with Gasteiger partial charge in [-0.2, -0.15) is 0 Å². The quantitative estimate of drug-likeness (QED) is 0.666. The molecule has 5 heteroatoms. The minimum Gasteiger partial charge on any atom is -0.481 e. The van der Waals surface area contributed by atoms with Crippen molar-refractivity contribution in [3.8, 4) is 0 Å². The predicted molar refractivity (Wildman–Crippen MR) is 88.5 cm³/mol. The van der Waals surface area contributed by atoms with Crippen LogP contribution in [0.5, 0.6) is 0 Å². The molecule has 0 aliphatic rings. The number of carboxylic acid groups (broad SMARTS) is 1. The van der Waals surface area contributed by atoms with Crippen LogP contribution >= 0.6 is 11.6 Å². The molecule has 1 aromatic carbocycles. The van der Waals surface area contributed by atoms with Crippen molar-refractivity contribution >= 4 is 23.4 Å². The number of aliphatic carboxylic acids is 1. The molecule has 1 N–H and O–H groups in total. The predicted octanol–water partition coefficient (Wildman–Crippen LogP) is 3.74. The topological polar surface area (TPSA) is 57.6 Å². The van der Waals surface area contributed by atoms with E-state index in [2.05, 4.69) is 11.8 Å². The normalized spacial score (nSPS) is 12.4. The second-order valence-electron chi connectivity index (χ2n) is 5.41. The number of unbranched alkanes of at least 4 members (excludes halogenated alkanes) is 1. The molecular formula is C17H24ClNO3. The summed E-state index contributed by atoms with van der Waals surface area (Å²) >= 11 is 5.83. The molecule has 1 aromatic rings. The fraction of sp³-hybridized carbons (Fsp3) is 0.529. The number of Topliss-reactive ketones (excluding diaryl/α,β-unsaturated/α-hetero) is 1. The number of hydrogen-bond acceptors (Lipinski definition) is 3. The van der Waals surface area contributed by atoms with Gasteiger partial charge in [0.1, 0.15) is 0 Å². The molecule has 0 aliphatic carbocycles. The molecule has 0 bridgehead atoms. The molecule has 1 rings (SSSR count). The van der Waals surface area contributed by atoms with Gasteiger partial charge in [0.25, 0.3) is 0 Å². The second-order valence-corrected chi connectivity index (χ2v) is 5.85. The Bertz CT molecular complexity index is 487. The summed E-state index contributed by atoms with van der Waals surface area (Å²) in [6, 6.07) is 6.62. The van der Waals surface area contributed by atoms with Crippen molar-refractivity contribution in [2.75, 3.05) is 19.6 Å². The Morgan fingerprint density at radius 3 is 2.36 bits per heavy atom. The third kappa shape index (κ3) is 6.16. The third-order valence-electron chi connectivity index (χ3n) is 3.67. The zero-order chi connectivity index (χ0) is 16.5. The number of halogens is 1. The smallest absolute Gasteiger partial charge is 0.304 e. The Kier molecular flexibility index (Phi) is 8.13. The molecule has 0 aliphatic heterocycles. The fourth-order valence-corrected chi connectivity index (χ4v) is 2.50. The van der Waals surface area contributed by atoms with Crippen LogP contribution in [0.2, 0.25) is 5.02 Å². The Balaban J connectivity index is 2.84. The monoisotopic (exact) mass is 325 g/mol. The maximum absolute atomic E-state index is 12.6. The standard InChI is InChI=1S/C17H24ClNO3/c1-3-5-10-19(4-2)12-14(11-16(20)21)17(22)13-6-8-15(18)9-7-13/h6-9,14H,3-5,10-12H2,1-2H3,(H,20,21). The summed E-state index contributed by atoms with van der Waals surface area (Å²) in [6.45, 7) is 6.31. The zero-order valence-corrected chi connectivity index (χ0v) is 14.0. The molecule has 122 valence electrons. The van der Waals surface area contributed by atoms with E-state index in [1.165, 1.54) is 0 Å². The van der Waals surface area contributed by atoms with E-state index in [0.717, 1.165) is 25.9 Å². The molecule has 0 radical (unpaired) electrons. The fourth-order valence-electron chi connectivity index (χ4n) is 2.37. The number of carbonyl (C=O) groups is 2. The van der Waals surface area contributed by atoms with Crippen LogP contribution in [0.15, 0.2) is 24.3 Å². The number of nitrogens with zero attached hydrogens (tertiary/aromatic N) is 1. The van der Waals surface area contributed by atoms with Crippen LogP contribution in [0.1, 0.15) is 43.5 Å². The summed E-state index contributed by atoms with van der Waals surface area (Å²) in [6.07, 6.45) is 1.97. The minimum absolute atomic E-state index is 0.131. The van der Waals surface area contributed by atoms with Crippen molar-refractivity contribution in [2.45, 2.75) is 33.1 Å². The highest BCUT2D eigenvalue weighted by atomic mass is 35.5. The largest absolute Gasteiger partial charge is 0.481 e. The van der Waals surface area contributed by atoms with E-state index in [0.29, 0.717) is 17.1 Å². The van der Waals surface area contributed by atoms with Crippen molar-refractivity contribution < 1.29 is 14.7 Å². The molecule has 0 amide bonds. The lowest BCUT2D eigenvalue weighted by Gasteiger charge is -2.25. The van der Waals surface area contributed by atoms with Gasteiger partial charge in [-0.15, -0.1) is 0 Å². The van der Waals surface area contributed by atoms with E-state index in [4.69, 9.17) is 16.7 Å².